The summed E-state index contributed by atoms with van der Waals surface area (Å²) in [6, 6.07) is 19.7. The predicted octanol–water partition coefficient (Wildman–Crippen LogP) is 5.04. The number of thioether (sulfide) groups is 1. The maximum Gasteiger partial charge on any atom is 0.272 e. The third-order valence-corrected chi connectivity index (χ3v) is 6.88. The lowest BCUT2D eigenvalue weighted by atomic mass is 9.92. The van der Waals surface area contributed by atoms with E-state index in [1.165, 1.54) is 36.4 Å². The van der Waals surface area contributed by atoms with Gasteiger partial charge in [-0.25, -0.2) is 17.9 Å². The molecule has 0 unspecified atom stereocenters. The van der Waals surface area contributed by atoms with E-state index in [0.717, 1.165) is 16.7 Å². The number of halogens is 1. The second-order valence-electron chi connectivity index (χ2n) is 7.19. The Morgan fingerprint density at radius 1 is 0.875 bits per heavy atom. The highest BCUT2D eigenvalue weighted by Crippen LogP contribution is 2.37. The lowest BCUT2D eigenvalue weighted by Gasteiger charge is -2.15. The summed E-state index contributed by atoms with van der Waals surface area (Å²) in [5.41, 5.74) is 2.92. The van der Waals surface area contributed by atoms with Crippen LogP contribution in [0.25, 0.3) is 33.5 Å². The van der Waals surface area contributed by atoms with E-state index in [1.807, 2.05) is 30.5 Å². The molecule has 162 valence electrons. The van der Waals surface area contributed by atoms with Gasteiger partial charge in [0.25, 0.3) is 5.56 Å². The summed E-state index contributed by atoms with van der Waals surface area (Å²) in [5.74, 6) is -0.411. The minimum absolute atomic E-state index is 0.174. The zero-order valence-electron chi connectivity index (χ0n) is 17.3. The average molecular weight is 467 g/mol. The molecule has 8 heteroatoms. The fourth-order valence-electron chi connectivity index (χ4n) is 3.47. The van der Waals surface area contributed by atoms with Gasteiger partial charge in [-0.1, -0.05) is 36.4 Å². The molecule has 0 saturated heterocycles. The lowest BCUT2D eigenvalue weighted by molar-refractivity contribution is 0.602. The molecule has 0 radical (unpaired) electrons. The minimum Gasteiger partial charge on any atom is -0.267 e. The van der Waals surface area contributed by atoms with Crippen LogP contribution in [0.3, 0.4) is 0 Å². The van der Waals surface area contributed by atoms with Gasteiger partial charge in [-0.05, 0) is 53.8 Å². The van der Waals surface area contributed by atoms with E-state index in [-0.39, 0.29) is 4.90 Å². The lowest BCUT2D eigenvalue weighted by Crippen LogP contribution is -2.14. The average Bonchev–Trinajstić information content (AvgIpc) is 2.79. The first-order chi connectivity index (χ1) is 15.3. The van der Waals surface area contributed by atoms with Crippen LogP contribution in [0.1, 0.15) is 0 Å². The molecule has 0 aliphatic heterocycles. The van der Waals surface area contributed by atoms with Crippen molar-refractivity contribution in [1.29, 1.82) is 0 Å². The molecule has 0 bridgehead atoms. The Labute approximate surface area is 189 Å². The first kappa shape index (κ1) is 22.0. The third kappa shape index (κ3) is 4.37. The van der Waals surface area contributed by atoms with Crippen molar-refractivity contribution in [2.45, 2.75) is 9.79 Å². The number of aromatic amines is 1. The molecule has 0 fully saturated rings. The largest absolute Gasteiger partial charge is 0.272 e. The maximum absolute atomic E-state index is 13.6. The normalized spacial score (nSPS) is 11.5. The standard InChI is InChI=1S/C24H19FN2O3S2/c1-31-19-5-3-4-17(14-19)23-21(15-8-12-20(13-9-15)32(2,29)30)22(24(28)27-26-23)16-6-10-18(25)11-7-16/h3-14H,1-2H3,(H,27,28). The summed E-state index contributed by atoms with van der Waals surface area (Å²) in [6.45, 7) is 0. The number of sulfone groups is 1. The van der Waals surface area contributed by atoms with Crippen molar-refractivity contribution in [1.82, 2.24) is 10.2 Å². The van der Waals surface area contributed by atoms with E-state index in [2.05, 4.69) is 10.2 Å². The van der Waals surface area contributed by atoms with E-state index in [1.54, 1.807) is 23.9 Å². The van der Waals surface area contributed by atoms with E-state index >= 15 is 0 Å². The van der Waals surface area contributed by atoms with Gasteiger partial charge in [-0.3, -0.25) is 4.79 Å². The number of benzene rings is 3. The number of rotatable bonds is 5. The maximum atomic E-state index is 13.6. The Balaban J connectivity index is 2.04. The van der Waals surface area contributed by atoms with Crippen molar-refractivity contribution in [3.63, 3.8) is 0 Å². The summed E-state index contributed by atoms with van der Waals surface area (Å²) >= 11 is 1.58. The molecule has 0 aliphatic rings. The van der Waals surface area contributed by atoms with E-state index < -0.39 is 21.2 Å². The molecular weight excluding hydrogens is 447 g/mol. The molecule has 5 nitrogen and oxygen atoms in total. The highest BCUT2D eigenvalue weighted by Gasteiger charge is 2.20. The molecule has 4 rings (SSSR count). The van der Waals surface area contributed by atoms with Crippen LogP contribution in [0.5, 0.6) is 0 Å². The highest BCUT2D eigenvalue weighted by molar-refractivity contribution is 7.98. The van der Waals surface area contributed by atoms with Crippen LogP contribution >= 0.6 is 11.8 Å². The molecule has 0 aliphatic carbocycles. The Morgan fingerprint density at radius 3 is 2.12 bits per heavy atom. The summed E-state index contributed by atoms with van der Waals surface area (Å²) in [7, 11) is -3.38. The van der Waals surface area contributed by atoms with Crippen LogP contribution in [0.2, 0.25) is 0 Å². The van der Waals surface area contributed by atoms with Crippen molar-refractivity contribution in [2.24, 2.45) is 0 Å². The van der Waals surface area contributed by atoms with Crippen LogP contribution in [-0.2, 0) is 9.84 Å². The molecule has 1 N–H and O–H groups in total. The Bertz CT molecular complexity index is 1450. The second kappa shape index (κ2) is 8.72. The Morgan fingerprint density at radius 2 is 1.50 bits per heavy atom. The molecule has 32 heavy (non-hydrogen) atoms. The number of H-pyrrole nitrogens is 1. The summed E-state index contributed by atoms with van der Waals surface area (Å²) in [4.78, 5) is 14.1. The fraction of sp³-hybridized carbons (Fsp3) is 0.0833. The minimum atomic E-state index is -3.38. The van der Waals surface area contributed by atoms with Crippen molar-refractivity contribution in [2.75, 3.05) is 12.5 Å². The van der Waals surface area contributed by atoms with Gasteiger partial charge in [-0.15, -0.1) is 11.8 Å². The first-order valence-electron chi connectivity index (χ1n) is 9.61. The zero-order chi connectivity index (χ0) is 22.9. The summed E-state index contributed by atoms with van der Waals surface area (Å²) in [6.07, 6.45) is 3.11. The van der Waals surface area contributed by atoms with Gasteiger partial charge in [0.05, 0.1) is 16.2 Å². The number of aromatic nitrogens is 2. The molecule has 1 heterocycles. The summed E-state index contributed by atoms with van der Waals surface area (Å²) < 4.78 is 37.4. The monoisotopic (exact) mass is 466 g/mol. The Kier molecular flexibility index (Phi) is 5.99. The first-order valence-corrected chi connectivity index (χ1v) is 12.7. The SMILES string of the molecule is CSc1cccc(-c2n[nH]c(=O)c(-c3ccc(F)cc3)c2-c2ccc(S(C)(=O)=O)cc2)c1. The van der Waals surface area contributed by atoms with Crippen molar-refractivity contribution in [3.05, 3.63) is 89.0 Å². The fourth-order valence-corrected chi connectivity index (χ4v) is 4.56. The number of hydrogen-bond acceptors (Lipinski definition) is 5. The second-order valence-corrected chi connectivity index (χ2v) is 10.1. The van der Waals surface area contributed by atoms with E-state index in [0.29, 0.717) is 27.9 Å². The molecule has 0 atom stereocenters. The van der Waals surface area contributed by atoms with Gasteiger partial charge in [0.15, 0.2) is 9.84 Å². The van der Waals surface area contributed by atoms with Gasteiger partial charge in [0, 0.05) is 22.3 Å². The predicted molar refractivity (Wildman–Crippen MR) is 126 cm³/mol. The number of nitrogens with zero attached hydrogens (tertiary/aromatic N) is 1. The highest BCUT2D eigenvalue weighted by atomic mass is 32.2. The Hall–Kier alpha value is -3.23. The molecule has 0 saturated carbocycles. The number of hydrogen-bond donors (Lipinski definition) is 1. The van der Waals surface area contributed by atoms with Gasteiger partial charge >= 0.3 is 0 Å². The van der Waals surface area contributed by atoms with Gasteiger partial charge in [0.1, 0.15) is 5.82 Å². The topological polar surface area (TPSA) is 79.9 Å². The van der Waals surface area contributed by atoms with Crippen molar-refractivity contribution >= 4 is 21.6 Å². The van der Waals surface area contributed by atoms with E-state index in [9.17, 15) is 17.6 Å². The van der Waals surface area contributed by atoms with Crippen LogP contribution < -0.4 is 5.56 Å². The quantitative estimate of drug-likeness (QED) is 0.417. The van der Waals surface area contributed by atoms with Crippen molar-refractivity contribution < 1.29 is 12.8 Å². The molecule has 0 amide bonds. The molecular formula is C24H19FN2O3S2. The molecule has 0 spiro atoms. The zero-order valence-corrected chi connectivity index (χ0v) is 18.9. The molecule has 1 aromatic heterocycles. The smallest absolute Gasteiger partial charge is 0.267 e. The van der Waals surface area contributed by atoms with Crippen LogP contribution in [0.15, 0.2) is 87.4 Å². The number of nitrogens with one attached hydrogen (secondary N) is 1. The van der Waals surface area contributed by atoms with Gasteiger partial charge in [-0.2, -0.15) is 5.10 Å². The van der Waals surface area contributed by atoms with Crippen LogP contribution in [0.4, 0.5) is 4.39 Å². The van der Waals surface area contributed by atoms with Crippen molar-refractivity contribution in [3.8, 4) is 33.5 Å². The molecule has 4 aromatic rings. The van der Waals surface area contributed by atoms with E-state index in [4.69, 9.17) is 0 Å². The molecule has 3 aromatic carbocycles. The van der Waals surface area contributed by atoms with Crippen LogP contribution in [-0.4, -0.2) is 31.1 Å². The van der Waals surface area contributed by atoms with Gasteiger partial charge < -0.3 is 0 Å². The summed E-state index contributed by atoms with van der Waals surface area (Å²) in [5, 5.41) is 6.90. The third-order valence-electron chi connectivity index (χ3n) is 5.03. The van der Waals surface area contributed by atoms with Gasteiger partial charge in [0.2, 0.25) is 0 Å². The van der Waals surface area contributed by atoms with Crippen LogP contribution in [0, 0.1) is 5.82 Å².